The molecule has 0 fully saturated rings. The summed E-state index contributed by atoms with van der Waals surface area (Å²) < 4.78 is 6.51. The van der Waals surface area contributed by atoms with Gasteiger partial charge in [-0.3, -0.25) is 4.99 Å². The van der Waals surface area contributed by atoms with Crippen LogP contribution >= 0.6 is 51.7 Å². The summed E-state index contributed by atoms with van der Waals surface area (Å²) in [6.07, 6.45) is 4.51. The van der Waals surface area contributed by atoms with E-state index in [1.54, 1.807) is 0 Å². The Morgan fingerprint density at radius 1 is 1.12 bits per heavy atom. The molecular weight excluding hydrogens is 513 g/mol. The predicted molar refractivity (Wildman–Crippen MR) is 125 cm³/mol. The molecule has 0 aliphatic heterocycles. The highest BCUT2D eigenvalue weighted by molar-refractivity contribution is 14.0. The Bertz CT molecular complexity index is 477. The molecule has 0 bridgehead atoms. The summed E-state index contributed by atoms with van der Waals surface area (Å²) in [4.78, 5) is 5.57. The largest absolute Gasteiger partial charge is 0.382 e. The molecule has 7 heteroatoms. The lowest BCUT2D eigenvalue weighted by Gasteiger charge is -2.11. The van der Waals surface area contributed by atoms with Gasteiger partial charge in [0.1, 0.15) is 0 Å². The second-order valence-electron chi connectivity index (χ2n) is 5.32. The number of ether oxygens (including phenoxy) is 1. The number of nitrogens with one attached hydrogen (secondary N) is 2. The Balaban J connectivity index is 0.00000576. The van der Waals surface area contributed by atoms with Crippen LogP contribution in [0.2, 0.25) is 0 Å². The van der Waals surface area contributed by atoms with Gasteiger partial charge >= 0.3 is 0 Å². The van der Waals surface area contributed by atoms with Crippen molar-refractivity contribution in [1.29, 1.82) is 0 Å². The van der Waals surface area contributed by atoms with Crippen molar-refractivity contribution in [1.82, 2.24) is 10.6 Å². The lowest BCUT2D eigenvalue weighted by Crippen LogP contribution is -2.38. The minimum absolute atomic E-state index is 0. The summed E-state index contributed by atoms with van der Waals surface area (Å²) in [5.41, 5.74) is 0. The van der Waals surface area contributed by atoms with Gasteiger partial charge in [0.2, 0.25) is 0 Å². The summed E-state index contributed by atoms with van der Waals surface area (Å²) >= 11 is 5.49. The molecule has 0 unspecified atom stereocenters. The second-order valence-corrected chi connectivity index (χ2v) is 7.31. The van der Waals surface area contributed by atoms with E-state index in [4.69, 9.17) is 4.74 Å². The van der Waals surface area contributed by atoms with Crippen LogP contribution in [-0.2, 0) is 4.74 Å². The van der Waals surface area contributed by atoms with Gasteiger partial charge < -0.3 is 15.4 Å². The number of benzene rings is 1. The minimum Gasteiger partial charge on any atom is -0.382 e. The molecule has 0 amide bonds. The smallest absolute Gasteiger partial charge is 0.190 e. The van der Waals surface area contributed by atoms with E-state index in [0.29, 0.717) is 0 Å². The van der Waals surface area contributed by atoms with Gasteiger partial charge in [-0.1, -0.05) is 12.1 Å². The Labute approximate surface area is 182 Å². The summed E-state index contributed by atoms with van der Waals surface area (Å²) in [5.74, 6) is 2.03. The third-order valence-corrected chi connectivity index (χ3v) is 5.51. The molecule has 0 heterocycles. The first-order valence-electron chi connectivity index (χ1n) is 8.67. The quantitative estimate of drug-likeness (QED) is 0.129. The van der Waals surface area contributed by atoms with Gasteiger partial charge in [0.25, 0.3) is 0 Å². The van der Waals surface area contributed by atoms with Gasteiger partial charge in [-0.2, -0.15) is 0 Å². The number of guanidine groups is 1. The van der Waals surface area contributed by atoms with Crippen LogP contribution in [0.25, 0.3) is 0 Å². The maximum atomic E-state index is 5.33. The average molecular weight is 544 g/mol. The van der Waals surface area contributed by atoms with Crippen LogP contribution in [0, 0.1) is 0 Å². The highest BCUT2D eigenvalue weighted by Crippen LogP contribution is 2.27. The van der Waals surface area contributed by atoms with Crippen LogP contribution in [0.3, 0.4) is 0 Å². The van der Waals surface area contributed by atoms with Gasteiger partial charge in [-0.25, -0.2) is 0 Å². The molecule has 25 heavy (non-hydrogen) atoms. The van der Waals surface area contributed by atoms with Crippen LogP contribution in [0.5, 0.6) is 0 Å². The molecule has 0 saturated carbocycles. The fourth-order valence-electron chi connectivity index (χ4n) is 2.08. The Hall–Kier alpha value is 0.01000. The topological polar surface area (TPSA) is 45.6 Å². The number of halogens is 2. The lowest BCUT2D eigenvalue weighted by atomic mass is 10.3. The third-order valence-electron chi connectivity index (χ3n) is 3.39. The summed E-state index contributed by atoms with van der Waals surface area (Å²) in [5, 5.41) is 6.71. The van der Waals surface area contributed by atoms with Gasteiger partial charge in [0.05, 0.1) is 0 Å². The third kappa shape index (κ3) is 12.9. The van der Waals surface area contributed by atoms with Crippen LogP contribution < -0.4 is 10.6 Å². The van der Waals surface area contributed by atoms with E-state index < -0.39 is 0 Å². The molecule has 144 valence electrons. The highest BCUT2D eigenvalue weighted by atomic mass is 127. The van der Waals surface area contributed by atoms with Gasteiger partial charge in [0, 0.05) is 42.7 Å². The van der Waals surface area contributed by atoms with Crippen LogP contribution in [-0.4, -0.2) is 45.1 Å². The lowest BCUT2D eigenvalue weighted by molar-refractivity contribution is 0.143. The van der Waals surface area contributed by atoms with E-state index in [1.807, 2.05) is 31.8 Å². The summed E-state index contributed by atoms with van der Waals surface area (Å²) in [7, 11) is 1.82. The van der Waals surface area contributed by atoms with Crippen LogP contribution in [0.1, 0.15) is 32.6 Å². The molecular formula is C18H31BrIN3OS. The summed E-state index contributed by atoms with van der Waals surface area (Å²) in [6, 6.07) is 8.38. The SMILES string of the molecule is CCOCCCCNC(=NC)NCCCCSc1ccccc1Br.I. The average Bonchev–Trinajstić information content (AvgIpc) is 2.60. The maximum Gasteiger partial charge on any atom is 0.190 e. The van der Waals surface area contributed by atoms with Crippen molar-refractivity contribution in [3.8, 4) is 0 Å². The van der Waals surface area contributed by atoms with Gasteiger partial charge in [-0.15, -0.1) is 35.7 Å². The second kappa shape index (κ2) is 17.4. The van der Waals surface area contributed by atoms with Crippen molar-refractivity contribution >= 4 is 57.6 Å². The predicted octanol–water partition coefficient (Wildman–Crippen LogP) is 4.92. The highest BCUT2D eigenvalue weighted by Gasteiger charge is 2.00. The van der Waals surface area contributed by atoms with Gasteiger partial charge in [0.15, 0.2) is 5.96 Å². The molecule has 0 aliphatic rings. The molecule has 0 atom stereocenters. The first-order chi connectivity index (χ1) is 11.8. The van der Waals surface area contributed by atoms with Crippen molar-refractivity contribution < 1.29 is 4.74 Å². The molecule has 2 N–H and O–H groups in total. The van der Waals surface area contributed by atoms with Crippen molar-refractivity contribution in [2.45, 2.75) is 37.5 Å². The minimum atomic E-state index is 0. The van der Waals surface area contributed by atoms with E-state index >= 15 is 0 Å². The van der Waals surface area contributed by atoms with Crippen molar-refractivity contribution in [3.05, 3.63) is 28.7 Å². The van der Waals surface area contributed by atoms with Crippen molar-refractivity contribution in [3.63, 3.8) is 0 Å². The summed E-state index contributed by atoms with van der Waals surface area (Å²) in [6.45, 7) is 5.57. The number of hydrogen-bond acceptors (Lipinski definition) is 3. The molecule has 4 nitrogen and oxygen atoms in total. The monoisotopic (exact) mass is 543 g/mol. The van der Waals surface area contributed by atoms with E-state index in [-0.39, 0.29) is 24.0 Å². The molecule has 1 rings (SSSR count). The van der Waals surface area contributed by atoms with Crippen LogP contribution in [0.15, 0.2) is 38.6 Å². The number of thioether (sulfide) groups is 1. The Morgan fingerprint density at radius 2 is 1.80 bits per heavy atom. The molecule has 0 saturated heterocycles. The number of hydrogen-bond donors (Lipinski definition) is 2. The van der Waals surface area contributed by atoms with E-state index in [1.165, 1.54) is 15.8 Å². The number of unbranched alkanes of at least 4 members (excludes halogenated alkanes) is 2. The zero-order valence-electron chi connectivity index (χ0n) is 15.2. The van der Waals surface area contributed by atoms with Crippen molar-refractivity contribution in [2.24, 2.45) is 4.99 Å². The first kappa shape index (κ1) is 25.0. The fourth-order valence-corrected chi connectivity index (χ4v) is 3.66. The molecule has 0 aromatic heterocycles. The molecule has 1 aromatic rings. The maximum absolute atomic E-state index is 5.33. The normalized spacial score (nSPS) is 11.1. The Morgan fingerprint density at radius 3 is 2.44 bits per heavy atom. The zero-order valence-corrected chi connectivity index (χ0v) is 20.0. The Kier molecular flexibility index (Phi) is 17.4. The van der Waals surface area contributed by atoms with E-state index in [2.05, 4.69) is 49.8 Å². The number of aliphatic imine (C=N–C) groups is 1. The first-order valence-corrected chi connectivity index (χ1v) is 10.5. The van der Waals surface area contributed by atoms with E-state index in [9.17, 15) is 0 Å². The van der Waals surface area contributed by atoms with Gasteiger partial charge in [-0.05, 0) is 66.4 Å². The molecule has 1 aromatic carbocycles. The standard InChI is InChI=1S/C18H30BrN3OS.HI/c1-3-23-14-8-6-12-21-18(20-2)22-13-7-9-15-24-17-11-5-4-10-16(17)19;/h4-5,10-11H,3,6-9,12-15H2,1-2H3,(H2,20,21,22);1H. The van der Waals surface area contributed by atoms with E-state index in [0.717, 1.165) is 57.3 Å². The molecule has 0 radical (unpaired) electrons. The van der Waals surface area contributed by atoms with Crippen molar-refractivity contribution in [2.75, 3.05) is 39.1 Å². The number of nitrogens with zero attached hydrogens (tertiary/aromatic N) is 1. The molecule has 0 spiro atoms. The molecule has 0 aliphatic carbocycles. The fraction of sp³-hybridized carbons (Fsp3) is 0.611. The van der Waals surface area contributed by atoms with Crippen LogP contribution in [0.4, 0.5) is 0 Å². The number of rotatable bonds is 12. The zero-order chi connectivity index (χ0) is 17.5.